The van der Waals surface area contributed by atoms with E-state index >= 15 is 0 Å². The molecule has 2 aromatic rings. The molecule has 5 nitrogen and oxygen atoms in total. The maximum absolute atomic E-state index is 12.8. The van der Waals surface area contributed by atoms with E-state index in [-0.39, 0.29) is 6.10 Å². The van der Waals surface area contributed by atoms with Crippen molar-refractivity contribution >= 4 is 0 Å². The first-order valence-corrected chi connectivity index (χ1v) is 13.3. The molecule has 0 spiro atoms. The van der Waals surface area contributed by atoms with Gasteiger partial charge in [-0.1, -0.05) is 18.2 Å². The van der Waals surface area contributed by atoms with Gasteiger partial charge in [0.05, 0.1) is 22.9 Å². The highest BCUT2D eigenvalue weighted by molar-refractivity contribution is 5.32. The quantitative estimate of drug-likeness (QED) is 0.480. The van der Waals surface area contributed by atoms with Crippen LogP contribution in [0.5, 0.6) is 5.75 Å². The number of allylic oxidation sites excluding steroid dienone is 1. The zero-order chi connectivity index (χ0) is 26.5. The zero-order valence-electron chi connectivity index (χ0n) is 21.4. The highest BCUT2D eigenvalue weighted by Gasteiger charge is 2.30. The number of hydrogen-bond donors (Lipinski definition) is 0. The molecule has 0 atom stereocenters. The van der Waals surface area contributed by atoms with Gasteiger partial charge in [0.2, 0.25) is 0 Å². The first-order valence-electron chi connectivity index (χ1n) is 13.3. The van der Waals surface area contributed by atoms with Gasteiger partial charge in [0.25, 0.3) is 0 Å². The fourth-order valence-corrected chi connectivity index (χ4v) is 5.50. The molecule has 200 valence electrons. The van der Waals surface area contributed by atoms with Gasteiger partial charge in [0.15, 0.2) is 0 Å². The van der Waals surface area contributed by atoms with Crippen LogP contribution in [0.4, 0.5) is 13.2 Å². The average molecular weight is 523 g/mol. The second-order valence-electron chi connectivity index (χ2n) is 10.3. The second-order valence-corrected chi connectivity index (χ2v) is 10.3. The van der Waals surface area contributed by atoms with E-state index in [0.717, 1.165) is 77.1 Å². The van der Waals surface area contributed by atoms with Crippen molar-refractivity contribution in [1.29, 1.82) is 5.26 Å². The number of halogens is 3. The number of nitrogens with zero attached hydrogens (tertiary/aromatic N) is 4. The second kappa shape index (κ2) is 11.5. The summed E-state index contributed by atoms with van der Waals surface area (Å²) in [5.41, 5.74) is 2.52. The molecule has 0 unspecified atom stereocenters. The smallest absolute Gasteiger partial charge is 0.416 e. The maximum atomic E-state index is 12.8. The van der Waals surface area contributed by atoms with Gasteiger partial charge in [-0.25, -0.2) is 0 Å². The van der Waals surface area contributed by atoms with Crippen LogP contribution < -0.4 is 4.74 Å². The molecule has 5 rings (SSSR count). The summed E-state index contributed by atoms with van der Waals surface area (Å²) in [6, 6.07) is 15.5. The van der Waals surface area contributed by atoms with Crippen molar-refractivity contribution in [2.75, 3.05) is 32.7 Å². The minimum absolute atomic E-state index is 0.00712. The zero-order valence-corrected chi connectivity index (χ0v) is 21.4. The van der Waals surface area contributed by atoms with Gasteiger partial charge in [-0.05, 0) is 60.9 Å². The minimum atomic E-state index is -4.33. The van der Waals surface area contributed by atoms with Crippen LogP contribution in [-0.4, -0.2) is 59.6 Å². The van der Waals surface area contributed by atoms with Gasteiger partial charge in [-0.15, -0.1) is 0 Å². The van der Waals surface area contributed by atoms with Crippen molar-refractivity contribution in [3.8, 4) is 11.8 Å². The summed E-state index contributed by atoms with van der Waals surface area (Å²) in [6.07, 6.45) is 6.33. The van der Waals surface area contributed by atoms with Crippen LogP contribution in [0.1, 0.15) is 42.4 Å². The molecule has 0 aromatic heterocycles. The fraction of sp³-hybridized carbons (Fsp3) is 0.433. The topological polar surface area (TPSA) is 42.7 Å². The lowest BCUT2D eigenvalue weighted by atomic mass is 10.0. The molecule has 3 aliphatic rings. The molecule has 0 bridgehead atoms. The van der Waals surface area contributed by atoms with Crippen molar-refractivity contribution in [3.05, 3.63) is 89.3 Å². The molecule has 3 aliphatic heterocycles. The Morgan fingerprint density at radius 1 is 0.895 bits per heavy atom. The molecule has 0 radical (unpaired) electrons. The van der Waals surface area contributed by atoms with E-state index in [0.29, 0.717) is 17.4 Å². The van der Waals surface area contributed by atoms with Crippen molar-refractivity contribution in [1.82, 2.24) is 14.7 Å². The Bertz CT molecular complexity index is 1170. The maximum Gasteiger partial charge on any atom is 0.416 e. The van der Waals surface area contributed by atoms with Gasteiger partial charge < -0.3 is 14.5 Å². The summed E-state index contributed by atoms with van der Waals surface area (Å²) in [4.78, 5) is 7.35. The van der Waals surface area contributed by atoms with Gasteiger partial charge in [-0.2, -0.15) is 18.4 Å². The molecule has 8 heteroatoms. The normalized spacial score (nSPS) is 19.8. The van der Waals surface area contributed by atoms with Crippen molar-refractivity contribution in [2.24, 2.45) is 0 Å². The molecule has 38 heavy (non-hydrogen) atoms. The van der Waals surface area contributed by atoms with Gasteiger partial charge >= 0.3 is 6.18 Å². The monoisotopic (exact) mass is 522 g/mol. The molecule has 0 aliphatic carbocycles. The summed E-state index contributed by atoms with van der Waals surface area (Å²) >= 11 is 0. The van der Waals surface area contributed by atoms with E-state index in [9.17, 15) is 13.2 Å². The molecule has 2 aromatic carbocycles. The first kappa shape index (κ1) is 26.2. The summed E-state index contributed by atoms with van der Waals surface area (Å²) in [5.74, 6) is 0.491. The van der Waals surface area contributed by atoms with E-state index < -0.39 is 11.7 Å². The number of likely N-dealkylation sites (tertiary alicyclic amines) is 2. The molecule has 2 fully saturated rings. The van der Waals surface area contributed by atoms with E-state index in [1.807, 2.05) is 24.3 Å². The standard InChI is InChI=1S/C30H33F3N4O/c31-30(32,33)25-7-9-28(10-8-25)38-29-13-18-36(19-14-29)27-2-1-15-37(22-27)26-11-16-35(17-12-26)21-24-5-3-23(20-34)4-6-24/h1-10,22,26,29H,11-19,21H2. The Hall–Kier alpha value is -3.44. The lowest BCUT2D eigenvalue weighted by Gasteiger charge is -2.41. The number of ether oxygens (including phenoxy) is 1. The van der Waals surface area contributed by atoms with Crippen molar-refractivity contribution in [3.63, 3.8) is 0 Å². The van der Waals surface area contributed by atoms with Crippen LogP contribution in [0.25, 0.3) is 0 Å². The largest absolute Gasteiger partial charge is 0.490 e. The molecule has 0 N–H and O–H groups in total. The predicted octanol–water partition coefficient (Wildman–Crippen LogP) is 5.80. The predicted molar refractivity (Wildman–Crippen MR) is 140 cm³/mol. The average Bonchev–Trinajstić information content (AvgIpc) is 2.94. The van der Waals surface area contributed by atoms with E-state index in [4.69, 9.17) is 10.00 Å². The van der Waals surface area contributed by atoms with Crippen LogP contribution in [0, 0.1) is 11.3 Å². The lowest BCUT2D eigenvalue weighted by Crippen LogP contribution is -2.44. The number of rotatable bonds is 6. The number of hydrogen-bond acceptors (Lipinski definition) is 5. The van der Waals surface area contributed by atoms with Crippen LogP contribution in [0.3, 0.4) is 0 Å². The summed E-state index contributed by atoms with van der Waals surface area (Å²) in [5, 5.41) is 8.99. The minimum Gasteiger partial charge on any atom is -0.490 e. The van der Waals surface area contributed by atoms with Gasteiger partial charge in [-0.3, -0.25) is 4.90 Å². The number of alkyl halides is 3. The summed E-state index contributed by atoms with van der Waals surface area (Å²) in [6.45, 7) is 5.68. The van der Waals surface area contributed by atoms with Crippen molar-refractivity contribution in [2.45, 2.75) is 50.6 Å². The van der Waals surface area contributed by atoms with Crippen LogP contribution in [0.15, 0.2) is 72.6 Å². The van der Waals surface area contributed by atoms with E-state index in [1.165, 1.54) is 23.4 Å². The molecule has 0 saturated carbocycles. The Balaban J connectivity index is 1.09. The Morgan fingerprint density at radius 2 is 1.58 bits per heavy atom. The van der Waals surface area contributed by atoms with Crippen LogP contribution in [0.2, 0.25) is 0 Å². The highest BCUT2D eigenvalue weighted by atomic mass is 19.4. The third-order valence-electron chi connectivity index (χ3n) is 7.71. The fourth-order valence-electron chi connectivity index (χ4n) is 5.50. The highest BCUT2D eigenvalue weighted by Crippen LogP contribution is 2.31. The Kier molecular flexibility index (Phi) is 7.94. The van der Waals surface area contributed by atoms with Crippen molar-refractivity contribution < 1.29 is 17.9 Å². The van der Waals surface area contributed by atoms with Crippen LogP contribution >= 0.6 is 0 Å². The van der Waals surface area contributed by atoms with Crippen LogP contribution in [-0.2, 0) is 12.7 Å². The number of nitriles is 1. The third-order valence-corrected chi connectivity index (χ3v) is 7.71. The van der Waals surface area contributed by atoms with E-state index in [1.54, 1.807) is 0 Å². The SMILES string of the molecule is N#Cc1ccc(CN2CCC(N3C=C(N4CCC(Oc5ccc(C(F)(F)F)cc5)CC4)C=CC3)CC2)cc1. The lowest BCUT2D eigenvalue weighted by molar-refractivity contribution is -0.137. The first-order chi connectivity index (χ1) is 18.4. The van der Waals surface area contributed by atoms with Gasteiger partial charge in [0.1, 0.15) is 11.9 Å². The van der Waals surface area contributed by atoms with Gasteiger partial charge in [0, 0.05) is 64.4 Å². The van der Waals surface area contributed by atoms with E-state index in [2.05, 4.69) is 39.1 Å². The summed E-state index contributed by atoms with van der Waals surface area (Å²) in [7, 11) is 0. The molecular weight excluding hydrogens is 489 g/mol. The third kappa shape index (κ3) is 6.51. The molecule has 3 heterocycles. The molecule has 0 amide bonds. The molecule has 2 saturated heterocycles. The Morgan fingerprint density at radius 3 is 2.21 bits per heavy atom. The number of piperidine rings is 2. The molecular formula is C30H33F3N4O. The Labute approximate surface area is 222 Å². The number of benzene rings is 2. The summed E-state index contributed by atoms with van der Waals surface area (Å²) < 4.78 is 44.4.